The number of rotatable bonds is 3. The highest BCUT2D eigenvalue weighted by atomic mass is 16.5. The second-order valence-corrected chi connectivity index (χ2v) is 4.50. The van der Waals surface area contributed by atoms with E-state index in [1.165, 1.54) is 0 Å². The van der Waals surface area contributed by atoms with Gasteiger partial charge in [0, 0.05) is 17.3 Å². The number of benzene rings is 1. The molecular formula is C15H13N3O2. The van der Waals surface area contributed by atoms with Gasteiger partial charge in [-0.2, -0.15) is 0 Å². The Labute approximate surface area is 115 Å². The van der Waals surface area contributed by atoms with Crippen LogP contribution in [0.1, 0.15) is 15.9 Å². The topological polar surface area (TPSA) is 56.5 Å². The van der Waals surface area contributed by atoms with Crippen molar-refractivity contribution in [3.05, 3.63) is 47.7 Å². The lowest BCUT2D eigenvalue weighted by Crippen LogP contribution is -1.94. The largest absolute Gasteiger partial charge is 0.497 e. The van der Waals surface area contributed by atoms with Gasteiger partial charge in [-0.1, -0.05) is 12.1 Å². The first-order chi connectivity index (χ1) is 9.71. The van der Waals surface area contributed by atoms with E-state index in [9.17, 15) is 4.79 Å². The number of aromatic nitrogens is 3. The van der Waals surface area contributed by atoms with E-state index in [4.69, 9.17) is 4.74 Å². The summed E-state index contributed by atoms with van der Waals surface area (Å²) in [5.41, 5.74) is 3.08. The highest BCUT2D eigenvalue weighted by Gasteiger charge is 2.09. The summed E-state index contributed by atoms with van der Waals surface area (Å²) in [7, 11) is 1.62. The zero-order valence-electron chi connectivity index (χ0n) is 11.2. The molecule has 2 heterocycles. The van der Waals surface area contributed by atoms with E-state index in [1.807, 2.05) is 37.3 Å². The molecule has 0 aliphatic heterocycles. The quantitative estimate of drug-likeness (QED) is 0.684. The minimum atomic E-state index is 0.603. The normalized spacial score (nSPS) is 10.7. The third-order valence-electron chi connectivity index (χ3n) is 3.17. The molecule has 0 N–H and O–H groups in total. The molecule has 0 saturated carbocycles. The Morgan fingerprint density at radius 1 is 1.30 bits per heavy atom. The summed E-state index contributed by atoms with van der Waals surface area (Å²) >= 11 is 0. The lowest BCUT2D eigenvalue weighted by molar-refractivity contribution is 0.112. The van der Waals surface area contributed by atoms with Crippen molar-refractivity contribution in [1.82, 2.24) is 14.6 Å². The molecule has 0 bridgehead atoms. The minimum absolute atomic E-state index is 0.603. The van der Waals surface area contributed by atoms with Gasteiger partial charge in [-0.3, -0.25) is 4.79 Å². The molecule has 0 radical (unpaired) electrons. The lowest BCUT2D eigenvalue weighted by Gasteiger charge is -2.00. The molecule has 0 unspecified atom stereocenters. The number of fused-ring (bicyclic) bond motifs is 1. The molecule has 0 aliphatic rings. The molecule has 5 heteroatoms. The molecule has 3 rings (SSSR count). The number of hydrogen-bond acceptors (Lipinski definition) is 4. The summed E-state index contributed by atoms with van der Waals surface area (Å²) in [6, 6.07) is 9.41. The molecular weight excluding hydrogens is 254 g/mol. The highest BCUT2D eigenvalue weighted by molar-refractivity contribution is 5.77. The Morgan fingerprint density at radius 2 is 2.15 bits per heavy atom. The van der Waals surface area contributed by atoms with E-state index in [2.05, 4.69) is 10.1 Å². The van der Waals surface area contributed by atoms with Gasteiger partial charge in [-0.05, 0) is 30.7 Å². The summed E-state index contributed by atoms with van der Waals surface area (Å²) in [6.07, 6.45) is 2.51. The molecule has 0 saturated heterocycles. The fourth-order valence-electron chi connectivity index (χ4n) is 2.05. The summed E-state index contributed by atoms with van der Waals surface area (Å²) in [5, 5.41) is 4.40. The third-order valence-corrected chi connectivity index (χ3v) is 3.17. The second-order valence-electron chi connectivity index (χ2n) is 4.50. The first-order valence-corrected chi connectivity index (χ1v) is 6.18. The van der Waals surface area contributed by atoms with Crippen molar-refractivity contribution in [2.45, 2.75) is 6.92 Å². The molecule has 0 amide bonds. The molecule has 1 aromatic carbocycles. The zero-order chi connectivity index (χ0) is 14.1. The number of nitrogens with zero attached hydrogens (tertiary/aromatic N) is 3. The van der Waals surface area contributed by atoms with Gasteiger partial charge in [0.1, 0.15) is 5.75 Å². The molecule has 100 valence electrons. The Balaban J connectivity index is 2.14. The fourth-order valence-corrected chi connectivity index (χ4v) is 2.05. The maximum Gasteiger partial charge on any atom is 0.182 e. The van der Waals surface area contributed by atoms with Gasteiger partial charge >= 0.3 is 0 Å². The minimum Gasteiger partial charge on any atom is -0.497 e. The molecule has 20 heavy (non-hydrogen) atoms. The van der Waals surface area contributed by atoms with E-state index in [-0.39, 0.29) is 0 Å². The van der Waals surface area contributed by atoms with Gasteiger partial charge in [0.25, 0.3) is 0 Å². The monoisotopic (exact) mass is 267 g/mol. The van der Waals surface area contributed by atoms with Crippen LogP contribution in [-0.4, -0.2) is 28.0 Å². The van der Waals surface area contributed by atoms with Crippen LogP contribution in [0.2, 0.25) is 0 Å². The number of methoxy groups -OCH3 is 1. The van der Waals surface area contributed by atoms with E-state index in [0.717, 1.165) is 23.2 Å². The van der Waals surface area contributed by atoms with Crippen LogP contribution >= 0.6 is 0 Å². The summed E-state index contributed by atoms with van der Waals surface area (Å²) in [4.78, 5) is 15.4. The molecule has 2 aromatic heterocycles. The summed E-state index contributed by atoms with van der Waals surface area (Å²) < 4.78 is 6.81. The van der Waals surface area contributed by atoms with Gasteiger partial charge < -0.3 is 4.74 Å². The van der Waals surface area contributed by atoms with Crippen molar-refractivity contribution in [3.63, 3.8) is 0 Å². The van der Waals surface area contributed by atoms with Crippen LogP contribution in [0.5, 0.6) is 5.75 Å². The van der Waals surface area contributed by atoms with E-state index in [1.54, 1.807) is 17.8 Å². The standard InChI is InChI=1S/C15H13N3O2/c1-10-6-14-16-15(17-18(14)8-12(10)9-19)11-4-3-5-13(7-11)20-2/h3-9H,1-2H3. The molecule has 0 spiro atoms. The number of carbonyl (C=O) groups is 1. The third kappa shape index (κ3) is 2.03. The van der Waals surface area contributed by atoms with Gasteiger partial charge in [0.05, 0.1) is 7.11 Å². The summed E-state index contributed by atoms with van der Waals surface area (Å²) in [5.74, 6) is 1.36. The van der Waals surface area contributed by atoms with Gasteiger partial charge in [-0.15, -0.1) is 5.10 Å². The van der Waals surface area contributed by atoms with Crippen molar-refractivity contribution >= 4 is 11.9 Å². The van der Waals surface area contributed by atoms with Gasteiger partial charge in [-0.25, -0.2) is 9.50 Å². The first kappa shape index (κ1) is 12.3. The van der Waals surface area contributed by atoms with Gasteiger partial charge in [0.2, 0.25) is 0 Å². The Hall–Kier alpha value is -2.69. The average Bonchev–Trinajstić information content (AvgIpc) is 2.89. The number of carbonyl (C=O) groups excluding carboxylic acids is 1. The zero-order valence-corrected chi connectivity index (χ0v) is 11.2. The fraction of sp³-hybridized carbons (Fsp3) is 0.133. The lowest BCUT2D eigenvalue weighted by atomic mass is 10.2. The number of aldehydes is 1. The first-order valence-electron chi connectivity index (χ1n) is 6.18. The van der Waals surface area contributed by atoms with Crippen LogP contribution in [0, 0.1) is 6.92 Å². The Kier molecular flexibility index (Phi) is 2.95. The number of pyridine rings is 1. The second kappa shape index (κ2) is 4.77. The predicted octanol–water partition coefficient (Wildman–Crippen LogP) is 2.53. The molecule has 5 nitrogen and oxygen atoms in total. The predicted molar refractivity (Wildman–Crippen MR) is 75.1 cm³/mol. The van der Waals surface area contributed by atoms with Crippen molar-refractivity contribution in [1.29, 1.82) is 0 Å². The van der Waals surface area contributed by atoms with Crippen molar-refractivity contribution in [2.24, 2.45) is 0 Å². The van der Waals surface area contributed by atoms with Crippen molar-refractivity contribution in [2.75, 3.05) is 7.11 Å². The Morgan fingerprint density at radius 3 is 2.90 bits per heavy atom. The molecule has 3 aromatic rings. The van der Waals surface area contributed by atoms with Crippen LogP contribution in [0.25, 0.3) is 17.0 Å². The maximum absolute atomic E-state index is 11.0. The van der Waals surface area contributed by atoms with E-state index >= 15 is 0 Å². The average molecular weight is 267 g/mol. The molecule has 0 aliphatic carbocycles. The highest BCUT2D eigenvalue weighted by Crippen LogP contribution is 2.22. The molecule has 0 atom stereocenters. The maximum atomic E-state index is 11.0. The van der Waals surface area contributed by atoms with Crippen LogP contribution in [0.4, 0.5) is 0 Å². The van der Waals surface area contributed by atoms with Crippen LogP contribution in [0.15, 0.2) is 36.5 Å². The van der Waals surface area contributed by atoms with Crippen molar-refractivity contribution < 1.29 is 9.53 Å². The van der Waals surface area contributed by atoms with Crippen LogP contribution in [0.3, 0.4) is 0 Å². The number of hydrogen-bond donors (Lipinski definition) is 0. The SMILES string of the molecule is COc1cccc(-c2nc3cc(C)c(C=O)cn3n2)c1. The van der Waals surface area contributed by atoms with Gasteiger partial charge in [0.15, 0.2) is 17.8 Å². The number of aryl methyl sites for hydroxylation is 1. The van der Waals surface area contributed by atoms with E-state index in [0.29, 0.717) is 17.0 Å². The number of ether oxygens (including phenoxy) is 1. The van der Waals surface area contributed by atoms with Crippen molar-refractivity contribution in [3.8, 4) is 17.1 Å². The summed E-state index contributed by atoms with van der Waals surface area (Å²) in [6.45, 7) is 1.88. The molecule has 0 fully saturated rings. The Bertz CT molecular complexity index is 793. The van der Waals surface area contributed by atoms with Crippen LogP contribution in [-0.2, 0) is 0 Å². The van der Waals surface area contributed by atoms with E-state index < -0.39 is 0 Å². The smallest absolute Gasteiger partial charge is 0.182 e. The van der Waals surface area contributed by atoms with Crippen LogP contribution < -0.4 is 4.74 Å².